The summed E-state index contributed by atoms with van der Waals surface area (Å²) < 4.78 is 16.8. The van der Waals surface area contributed by atoms with Gasteiger partial charge in [0.05, 0.1) is 37.5 Å². The van der Waals surface area contributed by atoms with Crippen LogP contribution in [0.15, 0.2) is 95.4 Å². The predicted octanol–water partition coefficient (Wildman–Crippen LogP) is 6.58. The van der Waals surface area contributed by atoms with E-state index in [4.69, 9.17) is 13.9 Å². The molecular weight excluding hydrogens is 348 g/mol. The second-order valence-corrected chi connectivity index (χ2v) is 6.40. The van der Waals surface area contributed by atoms with E-state index in [0.717, 1.165) is 45.3 Å². The smallest absolute Gasteiger partial charge is 0.361 e. The summed E-state index contributed by atoms with van der Waals surface area (Å²) in [5.41, 5.74) is 4.23. The average molecular weight is 369 g/mol. The lowest BCUT2D eigenvalue weighted by molar-refractivity contribution is 0.415. The summed E-state index contributed by atoms with van der Waals surface area (Å²) in [4.78, 5) is 0. The molecular formula is C25H21O3+. The molecule has 3 aromatic carbocycles. The molecule has 0 bridgehead atoms. The first kappa shape index (κ1) is 17.8. The van der Waals surface area contributed by atoms with Crippen LogP contribution in [0.2, 0.25) is 0 Å². The second kappa shape index (κ2) is 7.97. The molecule has 1 heterocycles. The predicted molar refractivity (Wildman–Crippen MR) is 113 cm³/mol. The second-order valence-electron chi connectivity index (χ2n) is 6.40. The van der Waals surface area contributed by atoms with Crippen LogP contribution in [0.3, 0.4) is 0 Å². The van der Waals surface area contributed by atoms with Crippen molar-refractivity contribution < 1.29 is 13.9 Å². The van der Waals surface area contributed by atoms with Gasteiger partial charge in [0.15, 0.2) is 0 Å². The molecule has 0 aliphatic heterocycles. The summed E-state index contributed by atoms with van der Waals surface area (Å²) in [6, 6.07) is 30.2. The van der Waals surface area contributed by atoms with Gasteiger partial charge in [0.2, 0.25) is 0 Å². The number of hydrogen-bond acceptors (Lipinski definition) is 2. The highest BCUT2D eigenvalue weighted by Gasteiger charge is 2.20. The first-order chi connectivity index (χ1) is 13.8. The Bertz CT molecular complexity index is 987. The van der Waals surface area contributed by atoms with E-state index in [1.165, 1.54) is 0 Å². The Hall–Kier alpha value is -3.59. The van der Waals surface area contributed by atoms with Gasteiger partial charge in [-0.25, -0.2) is 4.42 Å². The van der Waals surface area contributed by atoms with Crippen molar-refractivity contribution >= 4 is 0 Å². The summed E-state index contributed by atoms with van der Waals surface area (Å²) in [5, 5.41) is 0. The van der Waals surface area contributed by atoms with Crippen LogP contribution in [0.5, 0.6) is 11.5 Å². The van der Waals surface area contributed by atoms with Crippen molar-refractivity contribution in [1.29, 1.82) is 0 Å². The lowest BCUT2D eigenvalue weighted by Gasteiger charge is -2.03. The highest BCUT2D eigenvalue weighted by molar-refractivity contribution is 5.74. The molecule has 0 fully saturated rings. The molecule has 1 aromatic heterocycles. The molecule has 4 rings (SSSR count). The number of benzene rings is 3. The summed E-state index contributed by atoms with van der Waals surface area (Å²) in [7, 11) is 3.33. The topological polar surface area (TPSA) is 29.8 Å². The minimum atomic E-state index is 0.801. The van der Waals surface area contributed by atoms with Crippen LogP contribution >= 0.6 is 0 Å². The zero-order valence-corrected chi connectivity index (χ0v) is 15.9. The highest BCUT2D eigenvalue weighted by atomic mass is 16.5. The van der Waals surface area contributed by atoms with Gasteiger partial charge in [0, 0.05) is 5.56 Å². The Labute approximate surface area is 164 Å². The molecule has 0 aliphatic carbocycles. The standard InChI is InChI=1S/C25H21O3/c1-26-22-12-8-19(9-13-22)24-16-21(18-6-4-3-5-7-18)17-25(28-24)20-10-14-23(27-2)15-11-20/h3-17H,1-2H3/q+1. The molecule has 0 aliphatic rings. The highest BCUT2D eigenvalue weighted by Crippen LogP contribution is 2.34. The van der Waals surface area contributed by atoms with Crippen LogP contribution in [-0.4, -0.2) is 14.2 Å². The fraction of sp³-hybridized carbons (Fsp3) is 0.0800. The average Bonchev–Trinajstić information content (AvgIpc) is 2.79. The van der Waals surface area contributed by atoms with Crippen molar-refractivity contribution in [3.05, 3.63) is 91.0 Å². The molecule has 0 spiro atoms. The number of rotatable bonds is 5. The van der Waals surface area contributed by atoms with Gasteiger partial charge in [0.1, 0.15) is 11.5 Å². The Morgan fingerprint density at radius 3 is 1.39 bits per heavy atom. The number of hydrogen-bond donors (Lipinski definition) is 0. The van der Waals surface area contributed by atoms with Gasteiger partial charge in [-0.05, 0) is 54.1 Å². The molecule has 0 saturated heterocycles. The normalized spacial score (nSPS) is 10.5. The van der Waals surface area contributed by atoms with Gasteiger partial charge in [-0.2, -0.15) is 0 Å². The summed E-state index contributed by atoms with van der Waals surface area (Å²) in [6.07, 6.45) is 0. The Kier molecular flexibility index (Phi) is 5.07. The fourth-order valence-corrected chi connectivity index (χ4v) is 3.09. The van der Waals surface area contributed by atoms with Crippen LogP contribution in [0, 0.1) is 0 Å². The monoisotopic (exact) mass is 369 g/mol. The summed E-state index contributed by atoms with van der Waals surface area (Å²) in [5.74, 6) is 3.24. The van der Waals surface area contributed by atoms with Crippen LogP contribution in [-0.2, 0) is 0 Å². The zero-order chi connectivity index (χ0) is 19.3. The molecule has 0 unspecified atom stereocenters. The number of ether oxygens (including phenoxy) is 2. The maximum atomic E-state index is 6.28. The molecule has 0 amide bonds. The summed E-state index contributed by atoms with van der Waals surface area (Å²) in [6.45, 7) is 0. The van der Waals surface area contributed by atoms with E-state index < -0.39 is 0 Å². The molecule has 4 aromatic rings. The molecule has 3 nitrogen and oxygen atoms in total. The quantitative estimate of drug-likeness (QED) is 0.372. The molecule has 0 radical (unpaired) electrons. The largest absolute Gasteiger partial charge is 0.497 e. The minimum Gasteiger partial charge on any atom is -0.497 e. The van der Waals surface area contributed by atoms with E-state index in [0.29, 0.717) is 0 Å². The summed E-state index contributed by atoms with van der Waals surface area (Å²) >= 11 is 0. The zero-order valence-electron chi connectivity index (χ0n) is 15.9. The third kappa shape index (κ3) is 3.74. The Balaban J connectivity index is 1.84. The van der Waals surface area contributed by atoms with Crippen molar-refractivity contribution in [3.8, 4) is 45.3 Å². The van der Waals surface area contributed by atoms with Gasteiger partial charge in [-0.1, -0.05) is 30.3 Å². The van der Waals surface area contributed by atoms with Gasteiger partial charge >= 0.3 is 11.5 Å². The third-order valence-electron chi connectivity index (χ3n) is 4.65. The van der Waals surface area contributed by atoms with E-state index in [2.05, 4.69) is 24.3 Å². The Morgan fingerprint density at radius 2 is 0.964 bits per heavy atom. The SMILES string of the molecule is COc1ccc(-c2cc(-c3ccccc3)cc(-c3ccc(OC)cc3)[o+]2)cc1. The Morgan fingerprint density at radius 1 is 0.500 bits per heavy atom. The van der Waals surface area contributed by atoms with Crippen LogP contribution in [0.1, 0.15) is 0 Å². The molecule has 0 atom stereocenters. The lowest BCUT2D eigenvalue weighted by Crippen LogP contribution is -1.87. The maximum absolute atomic E-state index is 6.28. The maximum Gasteiger partial charge on any atom is 0.361 e. The van der Waals surface area contributed by atoms with E-state index in [-0.39, 0.29) is 0 Å². The van der Waals surface area contributed by atoms with Crippen molar-refractivity contribution in [2.75, 3.05) is 14.2 Å². The third-order valence-corrected chi connectivity index (χ3v) is 4.65. The molecule has 28 heavy (non-hydrogen) atoms. The fourth-order valence-electron chi connectivity index (χ4n) is 3.09. The van der Waals surface area contributed by atoms with Crippen molar-refractivity contribution in [2.45, 2.75) is 0 Å². The number of methoxy groups -OCH3 is 2. The van der Waals surface area contributed by atoms with Gasteiger partial charge in [-0.3, -0.25) is 0 Å². The van der Waals surface area contributed by atoms with Gasteiger partial charge in [0.25, 0.3) is 0 Å². The van der Waals surface area contributed by atoms with E-state index in [1.807, 2.05) is 66.7 Å². The van der Waals surface area contributed by atoms with Crippen molar-refractivity contribution in [2.24, 2.45) is 0 Å². The van der Waals surface area contributed by atoms with E-state index >= 15 is 0 Å². The van der Waals surface area contributed by atoms with Crippen LogP contribution in [0.4, 0.5) is 0 Å². The van der Waals surface area contributed by atoms with Crippen molar-refractivity contribution in [3.63, 3.8) is 0 Å². The minimum absolute atomic E-state index is 0.801. The van der Waals surface area contributed by atoms with Gasteiger partial charge in [-0.15, -0.1) is 0 Å². The van der Waals surface area contributed by atoms with E-state index in [1.54, 1.807) is 14.2 Å². The molecule has 0 saturated carbocycles. The van der Waals surface area contributed by atoms with Gasteiger partial charge < -0.3 is 9.47 Å². The first-order valence-electron chi connectivity index (χ1n) is 9.09. The molecule has 138 valence electrons. The first-order valence-corrected chi connectivity index (χ1v) is 9.09. The van der Waals surface area contributed by atoms with Crippen LogP contribution < -0.4 is 9.47 Å². The van der Waals surface area contributed by atoms with E-state index in [9.17, 15) is 0 Å². The van der Waals surface area contributed by atoms with Crippen molar-refractivity contribution in [1.82, 2.24) is 0 Å². The lowest BCUT2D eigenvalue weighted by atomic mass is 10.0. The molecule has 3 heteroatoms. The van der Waals surface area contributed by atoms with Crippen LogP contribution in [0.25, 0.3) is 33.8 Å². The molecule has 0 N–H and O–H groups in total.